The van der Waals surface area contributed by atoms with Crippen LogP contribution < -0.4 is 0 Å². The van der Waals surface area contributed by atoms with E-state index >= 15 is 0 Å². The van der Waals surface area contributed by atoms with E-state index in [1.54, 1.807) is 19.2 Å². The average molecular weight is 208 g/mol. The standard InChI is InChI=1S/C12H16O3/c1-9(14-2)8-10-4-6-11(7-5-10)12(13)15-3/h4-7,9H,8H2,1-3H3. The highest BCUT2D eigenvalue weighted by atomic mass is 16.5. The molecular formula is C12H16O3. The van der Waals surface area contributed by atoms with Crippen LogP contribution in [0.3, 0.4) is 0 Å². The molecule has 3 nitrogen and oxygen atoms in total. The van der Waals surface area contributed by atoms with Gasteiger partial charge in [-0.15, -0.1) is 0 Å². The van der Waals surface area contributed by atoms with Crippen LogP contribution in [0.4, 0.5) is 0 Å². The molecule has 0 saturated carbocycles. The molecule has 15 heavy (non-hydrogen) atoms. The van der Waals surface area contributed by atoms with Crippen LogP contribution in [-0.4, -0.2) is 26.3 Å². The van der Waals surface area contributed by atoms with Crippen molar-refractivity contribution in [1.29, 1.82) is 0 Å². The Bertz CT molecular complexity index is 316. The Morgan fingerprint density at radius 3 is 2.33 bits per heavy atom. The quantitative estimate of drug-likeness (QED) is 0.710. The van der Waals surface area contributed by atoms with E-state index in [4.69, 9.17) is 4.74 Å². The van der Waals surface area contributed by atoms with Gasteiger partial charge in [0.25, 0.3) is 0 Å². The van der Waals surface area contributed by atoms with Crippen molar-refractivity contribution in [2.45, 2.75) is 19.4 Å². The zero-order chi connectivity index (χ0) is 11.3. The molecular weight excluding hydrogens is 192 g/mol. The summed E-state index contributed by atoms with van der Waals surface area (Å²) in [6, 6.07) is 7.37. The van der Waals surface area contributed by atoms with Crippen molar-refractivity contribution in [2.24, 2.45) is 0 Å². The molecule has 1 rings (SSSR count). The number of hydrogen-bond donors (Lipinski definition) is 0. The average Bonchev–Trinajstić information content (AvgIpc) is 2.29. The molecule has 0 heterocycles. The van der Waals surface area contributed by atoms with Crippen LogP contribution >= 0.6 is 0 Å². The van der Waals surface area contributed by atoms with Crippen molar-refractivity contribution in [2.75, 3.05) is 14.2 Å². The monoisotopic (exact) mass is 208 g/mol. The molecule has 0 aromatic heterocycles. The van der Waals surface area contributed by atoms with Crippen LogP contribution in [0.25, 0.3) is 0 Å². The van der Waals surface area contributed by atoms with Crippen molar-refractivity contribution in [1.82, 2.24) is 0 Å². The first-order valence-corrected chi connectivity index (χ1v) is 4.87. The molecule has 0 N–H and O–H groups in total. The lowest BCUT2D eigenvalue weighted by atomic mass is 10.1. The summed E-state index contributed by atoms with van der Waals surface area (Å²) in [6.07, 6.45) is 1.03. The van der Waals surface area contributed by atoms with Gasteiger partial charge in [-0.3, -0.25) is 0 Å². The molecule has 0 bridgehead atoms. The molecule has 1 unspecified atom stereocenters. The van der Waals surface area contributed by atoms with Crippen LogP contribution in [0.5, 0.6) is 0 Å². The summed E-state index contributed by atoms with van der Waals surface area (Å²) < 4.78 is 9.78. The number of ether oxygens (including phenoxy) is 2. The van der Waals surface area contributed by atoms with E-state index in [1.165, 1.54) is 7.11 Å². The van der Waals surface area contributed by atoms with Gasteiger partial charge < -0.3 is 9.47 Å². The van der Waals surface area contributed by atoms with Crippen LogP contribution in [0.15, 0.2) is 24.3 Å². The molecule has 1 aromatic rings. The molecule has 0 radical (unpaired) electrons. The Morgan fingerprint density at radius 2 is 1.87 bits per heavy atom. The number of carbonyl (C=O) groups is 1. The zero-order valence-electron chi connectivity index (χ0n) is 9.32. The molecule has 3 heteroatoms. The van der Waals surface area contributed by atoms with Crippen LogP contribution in [0.2, 0.25) is 0 Å². The van der Waals surface area contributed by atoms with E-state index in [9.17, 15) is 4.79 Å². The Balaban J connectivity index is 2.68. The minimum Gasteiger partial charge on any atom is -0.465 e. The third-order valence-electron chi connectivity index (χ3n) is 2.30. The molecule has 0 amide bonds. The minimum absolute atomic E-state index is 0.189. The zero-order valence-corrected chi connectivity index (χ0v) is 9.32. The second-order valence-corrected chi connectivity index (χ2v) is 3.44. The lowest BCUT2D eigenvalue weighted by Gasteiger charge is -2.09. The molecule has 0 fully saturated rings. The molecule has 82 valence electrons. The summed E-state index contributed by atoms with van der Waals surface area (Å²) in [5, 5.41) is 0. The number of carbonyl (C=O) groups excluding carboxylic acids is 1. The minimum atomic E-state index is -0.304. The summed E-state index contributed by atoms with van der Waals surface area (Å²) in [6.45, 7) is 2.01. The Morgan fingerprint density at radius 1 is 1.27 bits per heavy atom. The highest BCUT2D eigenvalue weighted by molar-refractivity contribution is 5.89. The van der Waals surface area contributed by atoms with E-state index in [1.807, 2.05) is 19.1 Å². The summed E-state index contributed by atoms with van der Waals surface area (Å²) in [7, 11) is 3.07. The maximum Gasteiger partial charge on any atom is 0.337 e. The first kappa shape index (κ1) is 11.7. The number of methoxy groups -OCH3 is 2. The van der Waals surface area contributed by atoms with Gasteiger partial charge in [-0.1, -0.05) is 12.1 Å². The van der Waals surface area contributed by atoms with Crippen molar-refractivity contribution in [3.63, 3.8) is 0 Å². The summed E-state index contributed by atoms with van der Waals surface area (Å²) >= 11 is 0. The van der Waals surface area contributed by atoms with Gasteiger partial charge in [0.15, 0.2) is 0 Å². The van der Waals surface area contributed by atoms with Crippen molar-refractivity contribution >= 4 is 5.97 Å². The van der Waals surface area contributed by atoms with Crippen LogP contribution in [0, 0.1) is 0 Å². The number of esters is 1. The topological polar surface area (TPSA) is 35.5 Å². The maximum absolute atomic E-state index is 11.2. The highest BCUT2D eigenvalue weighted by Gasteiger charge is 2.05. The van der Waals surface area contributed by atoms with Gasteiger partial charge in [0.2, 0.25) is 0 Å². The Kier molecular flexibility index (Phi) is 4.31. The number of rotatable bonds is 4. The molecule has 0 aliphatic heterocycles. The lowest BCUT2D eigenvalue weighted by molar-refractivity contribution is 0.0600. The highest BCUT2D eigenvalue weighted by Crippen LogP contribution is 2.08. The normalized spacial score (nSPS) is 12.2. The summed E-state index contributed by atoms with van der Waals surface area (Å²) in [4.78, 5) is 11.2. The van der Waals surface area contributed by atoms with Crippen molar-refractivity contribution in [3.05, 3.63) is 35.4 Å². The van der Waals surface area contributed by atoms with Gasteiger partial charge in [0, 0.05) is 7.11 Å². The van der Waals surface area contributed by atoms with Crippen molar-refractivity contribution < 1.29 is 14.3 Å². The van der Waals surface area contributed by atoms with Gasteiger partial charge in [-0.25, -0.2) is 4.79 Å². The van der Waals surface area contributed by atoms with Gasteiger partial charge in [0.05, 0.1) is 18.8 Å². The third kappa shape index (κ3) is 3.36. The smallest absolute Gasteiger partial charge is 0.337 e. The molecule has 1 aromatic carbocycles. The van der Waals surface area contributed by atoms with E-state index in [0.717, 1.165) is 12.0 Å². The van der Waals surface area contributed by atoms with Crippen LogP contribution in [-0.2, 0) is 15.9 Å². The van der Waals surface area contributed by atoms with Crippen LogP contribution in [0.1, 0.15) is 22.8 Å². The summed E-state index contributed by atoms with van der Waals surface area (Å²) in [5.41, 5.74) is 1.73. The summed E-state index contributed by atoms with van der Waals surface area (Å²) in [5.74, 6) is -0.304. The first-order valence-electron chi connectivity index (χ1n) is 4.87. The first-order chi connectivity index (χ1) is 7.17. The predicted molar refractivity (Wildman–Crippen MR) is 58.0 cm³/mol. The Labute approximate surface area is 90.0 Å². The second-order valence-electron chi connectivity index (χ2n) is 3.44. The van der Waals surface area contributed by atoms with E-state index in [-0.39, 0.29) is 12.1 Å². The fourth-order valence-electron chi connectivity index (χ4n) is 1.31. The van der Waals surface area contributed by atoms with E-state index in [0.29, 0.717) is 5.56 Å². The fraction of sp³-hybridized carbons (Fsp3) is 0.417. The predicted octanol–water partition coefficient (Wildman–Crippen LogP) is 2.05. The third-order valence-corrected chi connectivity index (χ3v) is 2.30. The van der Waals surface area contributed by atoms with Gasteiger partial charge >= 0.3 is 5.97 Å². The van der Waals surface area contributed by atoms with Gasteiger partial charge in [-0.2, -0.15) is 0 Å². The van der Waals surface area contributed by atoms with Gasteiger partial charge in [-0.05, 0) is 31.0 Å². The molecule has 0 saturated heterocycles. The molecule has 0 aliphatic rings. The van der Waals surface area contributed by atoms with Gasteiger partial charge in [0.1, 0.15) is 0 Å². The van der Waals surface area contributed by atoms with E-state index in [2.05, 4.69) is 4.74 Å². The second kappa shape index (κ2) is 5.51. The molecule has 1 atom stereocenters. The number of benzene rings is 1. The SMILES string of the molecule is COC(=O)c1ccc(CC(C)OC)cc1. The van der Waals surface area contributed by atoms with Crippen molar-refractivity contribution in [3.8, 4) is 0 Å². The fourth-order valence-corrected chi connectivity index (χ4v) is 1.31. The molecule has 0 aliphatic carbocycles. The maximum atomic E-state index is 11.2. The lowest BCUT2D eigenvalue weighted by Crippen LogP contribution is -2.08. The largest absolute Gasteiger partial charge is 0.465 e. The number of hydrogen-bond acceptors (Lipinski definition) is 3. The Hall–Kier alpha value is -1.35. The van der Waals surface area contributed by atoms with E-state index < -0.39 is 0 Å². The molecule has 0 spiro atoms.